The molecule has 0 atom stereocenters. The fraction of sp³-hybridized carbons (Fsp3) is 0.286. The molecule has 0 saturated carbocycles. The molecule has 9 nitrogen and oxygen atoms in total. The van der Waals surface area contributed by atoms with Gasteiger partial charge in [0, 0.05) is 36.0 Å². The highest BCUT2D eigenvalue weighted by Crippen LogP contribution is 2.36. The van der Waals surface area contributed by atoms with E-state index in [1.54, 1.807) is 39.0 Å². The van der Waals surface area contributed by atoms with Crippen molar-refractivity contribution in [3.63, 3.8) is 0 Å². The van der Waals surface area contributed by atoms with Crippen molar-refractivity contribution in [1.82, 2.24) is 10.3 Å². The van der Waals surface area contributed by atoms with Crippen molar-refractivity contribution < 1.29 is 23.5 Å². The molecule has 2 aromatic carbocycles. The van der Waals surface area contributed by atoms with E-state index in [4.69, 9.17) is 21.1 Å². The van der Waals surface area contributed by atoms with E-state index in [0.29, 0.717) is 40.3 Å². The van der Waals surface area contributed by atoms with Crippen molar-refractivity contribution in [3.8, 4) is 11.8 Å². The van der Waals surface area contributed by atoms with Crippen molar-refractivity contribution in [3.05, 3.63) is 65.1 Å². The predicted molar refractivity (Wildman–Crippen MR) is 149 cm³/mol. The number of pyridine rings is 1. The van der Waals surface area contributed by atoms with Gasteiger partial charge >= 0.3 is 5.97 Å². The second-order valence-corrected chi connectivity index (χ2v) is 9.73. The molecule has 0 aliphatic heterocycles. The zero-order valence-corrected chi connectivity index (χ0v) is 22.8. The van der Waals surface area contributed by atoms with Gasteiger partial charge in [0.15, 0.2) is 0 Å². The second-order valence-electron chi connectivity index (χ2n) is 9.32. The third kappa shape index (κ3) is 8.40. The Hall–Kier alpha value is -4.20. The zero-order valence-electron chi connectivity index (χ0n) is 22.0. The molecule has 0 bridgehead atoms. The number of ether oxygens (including phenoxy) is 2. The van der Waals surface area contributed by atoms with E-state index >= 15 is 0 Å². The van der Waals surface area contributed by atoms with Gasteiger partial charge in [-0.25, -0.2) is 4.39 Å². The first-order valence-corrected chi connectivity index (χ1v) is 12.5. The maximum atomic E-state index is 13.6. The van der Waals surface area contributed by atoms with Crippen LogP contribution in [0.25, 0.3) is 10.9 Å². The number of rotatable bonds is 10. The van der Waals surface area contributed by atoms with Gasteiger partial charge in [-0.1, -0.05) is 17.7 Å². The second kappa shape index (κ2) is 13.0. The maximum absolute atomic E-state index is 13.6. The standard InChI is InChI=1S/C28H29ClFN5O4/c1-5-38-24-13-22-19(27(17(14-31)15-33-22)34-18-8-9-21(30)20(29)11-18)12-23(24)35-25(36)7-6-10-32-16-26(37)39-28(2,3)4/h6-9,11-13,15,32H,5,10,16H2,1-4H3,(H,33,34)(H,35,36)/b7-6+. The Bertz CT molecular complexity index is 1450. The van der Waals surface area contributed by atoms with E-state index in [2.05, 4.69) is 27.0 Å². The predicted octanol–water partition coefficient (Wildman–Crippen LogP) is 5.47. The van der Waals surface area contributed by atoms with Crippen molar-refractivity contribution in [2.24, 2.45) is 0 Å². The Morgan fingerprint density at radius 1 is 1.23 bits per heavy atom. The Labute approximate surface area is 231 Å². The molecule has 1 amide bonds. The molecule has 39 heavy (non-hydrogen) atoms. The highest BCUT2D eigenvalue weighted by atomic mass is 35.5. The number of hydrogen-bond acceptors (Lipinski definition) is 8. The van der Waals surface area contributed by atoms with Crippen molar-refractivity contribution >= 4 is 51.4 Å². The molecule has 0 unspecified atom stereocenters. The van der Waals surface area contributed by atoms with Crippen LogP contribution in [0, 0.1) is 17.1 Å². The average molecular weight is 554 g/mol. The van der Waals surface area contributed by atoms with Gasteiger partial charge in [-0.3, -0.25) is 14.6 Å². The summed E-state index contributed by atoms with van der Waals surface area (Å²) in [5.41, 5.74) is 1.40. The van der Waals surface area contributed by atoms with Gasteiger partial charge in [0.25, 0.3) is 0 Å². The molecule has 11 heteroatoms. The van der Waals surface area contributed by atoms with Crippen LogP contribution in [0.4, 0.5) is 21.5 Å². The van der Waals surface area contributed by atoms with Crippen LogP contribution < -0.4 is 20.7 Å². The third-order valence-electron chi connectivity index (χ3n) is 5.06. The quantitative estimate of drug-likeness (QED) is 0.171. The summed E-state index contributed by atoms with van der Waals surface area (Å²) in [5, 5.41) is 18.9. The number of fused-ring (bicyclic) bond motifs is 1. The Kier molecular flexibility index (Phi) is 9.82. The molecule has 0 aliphatic carbocycles. The Balaban J connectivity index is 1.83. The minimum Gasteiger partial charge on any atom is -0.492 e. The number of carbonyl (C=O) groups excluding carboxylic acids is 2. The summed E-state index contributed by atoms with van der Waals surface area (Å²) < 4.78 is 24.6. The van der Waals surface area contributed by atoms with Gasteiger partial charge in [0.05, 0.1) is 40.6 Å². The van der Waals surface area contributed by atoms with Gasteiger partial charge in [0.1, 0.15) is 23.2 Å². The summed E-state index contributed by atoms with van der Waals surface area (Å²) in [7, 11) is 0. The molecule has 3 N–H and O–H groups in total. The number of nitriles is 1. The molecule has 0 radical (unpaired) electrons. The lowest BCUT2D eigenvalue weighted by Crippen LogP contribution is -2.31. The van der Waals surface area contributed by atoms with Crippen molar-refractivity contribution in [2.75, 3.05) is 30.3 Å². The number of hydrogen-bond donors (Lipinski definition) is 3. The topological polar surface area (TPSA) is 125 Å². The van der Waals surface area contributed by atoms with E-state index in [0.717, 1.165) is 0 Å². The number of carbonyl (C=O) groups is 2. The van der Waals surface area contributed by atoms with Crippen LogP contribution >= 0.6 is 11.6 Å². The monoisotopic (exact) mass is 553 g/mol. The summed E-state index contributed by atoms with van der Waals surface area (Å²) in [4.78, 5) is 28.8. The number of amides is 1. The molecular weight excluding hydrogens is 525 g/mol. The van der Waals surface area contributed by atoms with Crippen LogP contribution in [0.5, 0.6) is 5.75 Å². The van der Waals surface area contributed by atoms with Gasteiger partial charge < -0.3 is 25.4 Å². The number of benzene rings is 2. The first-order valence-electron chi connectivity index (χ1n) is 12.1. The molecule has 0 fully saturated rings. The van der Waals surface area contributed by atoms with Crippen LogP contribution in [-0.2, 0) is 14.3 Å². The normalized spacial score (nSPS) is 11.3. The van der Waals surface area contributed by atoms with Gasteiger partial charge in [-0.15, -0.1) is 0 Å². The summed E-state index contributed by atoms with van der Waals surface area (Å²) in [5.74, 6) is -1.00. The van der Waals surface area contributed by atoms with Crippen LogP contribution in [0.3, 0.4) is 0 Å². The Morgan fingerprint density at radius 2 is 2.00 bits per heavy atom. The Morgan fingerprint density at radius 3 is 2.67 bits per heavy atom. The van der Waals surface area contributed by atoms with E-state index in [1.165, 1.54) is 30.5 Å². The van der Waals surface area contributed by atoms with Crippen molar-refractivity contribution in [1.29, 1.82) is 5.26 Å². The SMILES string of the molecule is CCOc1cc2ncc(C#N)c(Nc3ccc(F)c(Cl)c3)c2cc1NC(=O)/C=C/CNCC(=O)OC(C)(C)C. The smallest absolute Gasteiger partial charge is 0.320 e. The number of nitrogens with zero attached hydrogens (tertiary/aromatic N) is 2. The van der Waals surface area contributed by atoms with Crippen LogP contribution in [0.15, 0.2) is 48.7 Å². The molecule has 1 heterocycles. The minimum absolute atomic E-state index is 0.00562. The lowest BCUT2D eigenvalue weighted by molar-refractivity contribution is -0.153. The summed E-state index contributed by atoms with van der Waals surface area (Å²) in [6.45, 7) is 7.78. The average Bonchev–Trinajstić information content (AvgIpc) is 2.86. The highest BCUT2D eigenvalue weighted by Gasteiger charge is 2.17. The molecule has 3 rings (SSSR count). The zero-order chi connectivity index (χ0) is 28.6. The molecule has 0 spiro atoms. The lowest BCUT2D eigenvalue weighted by Gasteiger charge is -2.19. The fourth-order valence-electron chi connectivity index (χ4n) is 3.51. The van der Waals surface area contributed by atoms with Crippen LogP contribution in [0.1, 0.15) is 33.3 Å². The van der Waals surface area contributed by atoms with E-state index < -0.39 is 23.3 Å². The molecule has 0 saturated heterocycles. The van der Waals surface area contributed by atoms with Crippen LogP contribution in [-0.4, -0.2) is 42.2 Å². The number of halogens is 2. The van der Waals surface area contributed by atoms with Gasteiger partial charge in [0.2, 0.25) is 5.91 Å². The van der Waals surface area contributed by atoms with E-state index in [9.17, 15) is 19.2 Å². The number of anilines is 3. The molecule has 204 valence electrons. The first kappa shape index (κ1) is 29.4. The van der Waals surface area contributed by atoms with Gasteiger partial charge in [-0.05, 0) is 52.0 Å². The van der Waals surface area contributed by atoms with Gasteiger partial charge in [-0.2, -0.15) is 5.26 Å². The highest BCUT2D eigenvalue weighted by molar-refractivity contribution is 6.31. The molecule has 3 aromatic rings. The summed E-state index contributed by atoms with van der Waals surface area (Å²) >= 11 is 5.92. The maximum Gasteiger partial charge on any atom is 0.320 e. The largest absolute Gasteiger partial charge is 0.492 e. The lowest BCUT2D eigenvalue weighted by atomic mass is 10.1. The van der Waals surface area contributed by atoms with Crippen LogP contribution in [0.2, 0.25) is 5.02 Å². The fourth-order valence-corrected chi connectivity index (χ4v) is 3.69. The third-order valence-corrected chi connectivity index (χ3v) is 5.35. The molecule has 0 aliphatic rings. The molecule has 1 aromatic heterocycles. The minimum atomic E-state index is -0.572. The summed E-state index contributed by atoms with van der Waals surface area (Å²) in [6.07, 6.45) is 4.31. The molecular formula is C28H29ClFN5O4. The number of nitrogens with one attached hydrogen (secondary N) is 3. The van der Waals surface area contributed by atoms with E-state index in [1.807, 2.05) is 6.92 Å². The number of esters is 1. The first-order chi connectivity index (χ1) is 18.5. The number of aromatic nitrogens is 1. The van der Waals surface area contributed by atoms with E-state index in [-0.39, 0.29) is 23.7 Å². The van der Waals surface area contributed by atoms with Crippen molar-refractivity contribution in [2.45, 2.75) is 33.3 Å². The summed E-state index contributed by atoms with van der Waals surface area (Å²) in [6, 6.07) is 9.51.